The van der Waals surface area contributed by atoms with Crippen molar-refractivity contribution >= 4 is 36.1 Å². The summed E-state index contributed by atoms with van der Waals surface area (Å²) in [5, 5.41) is 17.4. The molecule has 1 fully saturated rings. The van der Waals surface area contributed by atoms with E-state index in [0.29, 0.717) is 22.9 Å². The summed E-state index contributed by atoms with van der Waals surface area (Å²) < 4.78 is 35.5. The van der Waals surface area contributed by atoms with E-state index in [2.05, 4.69) is 15.2 Å². The maximum absolute atomic E-state index is 14.8. The van der Waals surface area contributed by atoms with Gasteiger partial charge in [-0.2, -0.15) is 0 Å². The lowest BCUT2D eigenvalue weighted by atomic mass is 9.95. The van der Waals surface area contributed by atoms with Crippen LogP contribution in [0.4, 0.5) is 13.6 Å². The van der Waals surface area contributed by atoms with Gasteiger partial charge in [-0.15, -0.1) is 12.4 Å². The van der Waals surface area contributed by atoms with Crippen molar-refractivity contribution in [3.05, 3.63) is 70.9 Å². The van der Waals surface area contributed by atoms with Crippen LogP contribution in [0.1, 0.15) is 49.0 Å². The molecule has 12 heteroatoms. The summed E-state index contributed by atoms with van der Waals surface area (Å²) in [5.41, 5.74) is 1.04. The van der Waals surface area contributed by atoms with Crippen LogP contribution in [0.3, 0.4) is 0 Å². The molecule has 3 aromatic rings. The van der Waals surface area contributed by atoms with Gasteiger partial charge in [-0.3, -0.25) is 4.79 Å². The molecule has 0 bridgehead atoms. The van der Waals surface area contributed by atoms with E-state index in [1.54, 1.807) is 24.3 Å². The quantitative estimate of drug-likeness (QED) is 0.213. The highest BCUT2D eigenvalue weighted by Gasteiger charge is 2.22. The Hall–Kier alpha value is -3.47. The lowest BCUT2D eigenvalue weighted by Crippen LogP contribution is -2.36. The molecule has 2 aromatic carbocycles. The smallest absolute Gasteiger partial charge is 0.492 e. The van der Waals surface area contributed by atoms with Gasteiger partial charge in [0.25, 0.3) is 5.91 Å². The van der Waals surface area contributed by atoms with E-state index in [0.717, 1.165) is 38.6 Å². The van der Waals surface area contributed by atoms with Crippen LogP contribution in [0.5, 0.6) is 5.75 Å². The first-order chi connectivity index (χ1) is 19.6. The fourth-order valence-corrected chi connectivity index (χ4v) is 4.77. The van der Waals surface area contributed by atoms with Crippen LogP contribution in [0.2, 0.25) is 5.02 Å². The van der Waals surface area contributed by atoms with Gasteiger partial charge in [-0.1, -0.05) is 43.0 Å². The highest BCUT2D eigenvalue weighted by molar-refractivity contribution is 6.32. The zero-order valence-electron chi connectivity index (χ0n) is 23.4. The molecule has 1 aliphatic carbocycles. The van der Waals surface area contributed by atoms with Gasteiger partial charge in [-0.05, 0) is 69.8 Å². The molecule has 1 heterocycles. The number of carboxylic acid groups (broad SMARTS) is 2. The second-order valence-corrected chi connectivity index (χ2v) is 10.3. The largest absolute Gasteiger partial charge is 0.503 e. The topological polar surface area (TPSA) is 112 Å². The molecule has 1 amide bonds. The van der Waals surface area contributed by atoms with Gasteiger partial charge < -0.3 is 25.2 Å². The molecule has 1 aromatic heterocycles. The molecule has 0 unspecified atom stereocenters. The molecule has 1 saturated carbocycles. The minimum absolute atomic E-state index is 0. The average Bonchev–Trinajstić information content (AvgIpc) is 2.92. The molecule has 0 radical (unpaired) electrons. The van der Waals surface area contributed by atoms with E-state index in [-0.39, 0.29) is 46.9 Å². The molecule has 0 saturated heterocycles. The number of ether oxygens (including phenoxy) is 1. The monoisotopic (exact) mass is 625 g/mol. The van der Waals surface area contributed by atoms with Gasteiger partial charge in [0.2, 0.25) is 0 Å². The Morgan fingerprint density at radius 1 is 1.05 bits per heavy atom. The Morgan fingerprint density at radius 2 is 1.69 bits per heavy atom. The fraction of sp³-hybridized carbons (Fsp3) is 0.367. The van der Waals surface area contributed by atoms with Gasteiger partial charge >= 0.3 is 6.16 Å². The van der Waals surface area contributed by atoms with Crippen molar-refractivity contribution in [2.45, 2.75) is 44.6 Å². The van der Waals surface area contributed by atoms with Crippen LogP contribution in [-0.4, -0.2) is 65.4 Å². The number of aromatic nitrogens is 1. The molecule has 0 spiro atoms. The second kappa shape index (κ2) is 16.8. The number of carbonyl (C=O) groups excluding carboxylic acids is 1. The first kappa shape index (κ1) is 34.7. The van der Waals surface area contributed by atoms with Crippen molar-refractivity contribution in [3.63, 3.8) is 0 Å². The number of rotatable bonds is 9. The van der Waals surface area contributed by atoms with Crippen molar-refractivity contribution in [1.29, 1.82) is 0 Å². The maximum atomic E-state index is 14.8. The highest BCUT2D eigenvalue weighted by Crippen LogP contribution is 2.37. The van der Waals surface area contributed by atoms with Crippen LogP contribution in [0.25, 0.3) is 22.4 Å². The van der Waals surface area contributed by atoms with E-state index >= 15 is 0 Å². The number of halogens is 4. The molecule has 8 nitrogen and oxygen atoms in total. The van der Waals surface area contributed by atoms with Crippen molar-refractivity contribution in [1.82, 2.24) is 15.2 Å². The maximum Gasteiger partial charge on any atom is 0.503 e. The van der Waals surface area contributed by atoms with E-state index in [4.69, 9.17) is 31.3 Å². The number of nitrogens with zero attached hydrogens (tertiary/aromatic N) is 2. The van der Waals surface area contributed by atoms with E-state index in [1.807, 2.05) is 14.1 Å². The van der Waals surface area contributed by atoms with Crippen molar-refractivity contribution < 1.29 is 33.3 Å². The van der Waals surface area contributed by atoms with Crippen LogP contribution in [-0.2, 0) is 0 Å². The van der Waals surface area contributed by atoms with Crippen molar-refractivity contribution in [2.24, 2.45) is 0 Å². The van der Waals surface area contributed by atoms with E-state index in [9.17, 15) is 13.6 Å². The predicted octanol–water partition coefficient (Wildman–Crippen LogP) is 7.38. The summed E-state index contributed by atoms with van der Waals surface area (Å²) in [7, 11) is 3.97. The zero-order chi connectivity index (χ0) is 29.9. The van der Waals surface area contributed by atoms with Gasteiger partial charge in [0.15, 0.2) is 0 Å². The number of benzene rings is 2. The summed E-state index contributed by atoms with van der Waals surface area (Å²) in [6, 6.07) is 12.0. The standard InChI is InChI=1S/C29H32ClF2N3O2.CH2O3.ClH/c1-35(2)16-7-17-37-26-18-19(12-14-22(26)30)28-21(27-23(31)10-6-11-24(27)32)13-15-25(34-28)29(36)33-20-8-4-3-5-9-20;2-1(3)4;/h6,10-15,18,20H,3-5,7-9,16-17H2,1-2H3,(H,33,36);(H2,2,3,4);1H. The number of hydrogen-bond donors (Lipinski definition) is 3. The zero-order valence-corrected chi connectivity index (χ0v) is 25.0. The average molecular weight is 627 g/mol. The first-order valence-corrected chi connectivity index (χ1v) is 13.7. The summed E-state index contributed by atoms with van der Waals surface area (Å²) in [6.45, 7) is 1.31. The normalized spacial score (nSPS) is 13.0. The SMILES string of the molecule is CN(C)CCCOc1cc(-c2nc(C(=O)NC3CCCCC3)ccc2-c2c(F)cccc2F)ccc1Cl.Cl.O=C(O)O. The molecular weight excluding hydrogens is 591 g/mol. The number of nitrogens with one attached hydrogen (secondary N) is 1. The number of pyridine rings is 1. The third-order valence-corrected chi connectivity index (χ3v) is 6.82. The lowest BCUT2D eigenvalue weighted by molar-refractivity contribution is 0.0922. The van der Waals surface area contributed by atoms with Crippen molar-refractivity contribution in [2.75, 3.05) is 27.2 Å². The molecule has 0 atom stereocenters. The Balaban J connectivity index is 0.00000116. The Labute approximate surface area is 255 Å². The van der Waals surface area contributed by atoms with Crippen LogP contribution in [0, 0.1) is 11.6 Å². The van der Waals surface area contributed by atoms with Crippen molar-refractivity contribution in [3.8, 4) is 28.1 Å². The highest BCUT2D eigenvalue weighted by atomic mass is 35.5. The first-order valence-electron chi connectivity index (χ1n) is 13.3. The molecule has 3 N–H and O–H groups in total. The number of amides is 1. The van der Waals surface area contributed by atoms with Crippen LogP contribution < -0.4 is 10.1 Å². The molecular formula is C30H35Cl2F2N3O5. The second-order valence-electron chi connectivity index (χ2n) is 9.93. The van der Waals surface area contributed by atoms with E-state index < -0.39 is 17.8 Å². The summed E-state index contributed by atoms with van der Waals surface area (Å²) in [4.78, 5) is 28.3. The third kappa shape index (κ3) is 10.1. The predicted molar refractivity (Wildman–Crippen MR) is 161 cm³/mol. The molecule has 228 valence electrons. The number of hydrogen-bond acceptors (Lipinski definition) is 5. The fourth-order valence-electron chi connectivity index (χ4n) is 4.59. The van der Waals surface area contributed by atoms with Crippen LogP contribution in [0.15, 0.2) is 48.5 Å². The summed E-state index contributed by atoms with van der Waals surface area (Å²) >= 11 is 6.38. The van der Waals surface area contributed by atoms with Gasteiger partial charge in [0, 0.05) is 23.7 Å². The molecule has 0 aliphatic heterocycles. The number of carbonyl (C=O) groups is 2. The van der Waals surface area contributed by atoms with Gasteiger partial charge in [0.1, 0.15) is 23.1 Å². The lowest BCUT2D eigenvalue weighted by Gasteiger charge is -2.22. The molecule has 1 aliphatic rings. The molecule has 4 rings (SSSR count). The molecule has 42 heavy (non-hydrogen) atoms. The Morgan fingerprint density at radius 3 is 2.31 bits per heavy atom. The third-order valence-electron chi connectivity index (χ3n) is 6.51. The van der Waals surface area contributed by atoms with Gasteiger partial charge in [0.05, 0.1) is 22.9 Å². The minimum atomic E-state index is -1.83. The van der Waals surface area contributed by atoms with E-state index in [1.165, 1.54) is 30.7 Å². The minimum Gasteiger partial charge on any atom is -0.492 e. The van der Waals surface area contributed by atoms with Crippen LogP contribution >= 0.6 is 24.0 Å². The summed E-state index contributed by atoms with van der Waals surface area (Å²) in [6.07, 6.45) is 4.17. The Bertz CT molecular complexity index is 1330. The summed E-state index contributed by atoms with van der Waals surface area (Å²) in [5.74, 6) is -1.28. The van der Waals surface area contributed by atoms with Gasteiger partial charge in [-0.25, -0.2) is 18.6 Å². The Kier molecular flexibility index (Phi) is 13.9.